The summed E-state index contributed by atoms with van der Waals surface area (Å²) < 4.78 is 1.88. The van der Waals surface area contributed by atoms with Gasteiger partial charge in [0, 0.05) is 31.5 Å². The lowest BCUT2D eigenvalue weighted by Crippen LogP contribution is -2.45. The molecule has 0 radical (unpaired) electrons. The Labute approximate surface area is 156 Å². The zero-order valence-electron chi connectivity index (χ0n) is 16.4. The van der Waals surface area contributed by atoms with E-state index in [0.29, 0.717) is 6.54 Å². The van der Waals surface area contributed by atoms with Crippen LogP contribution in [0.1, 0.15) is 43.6 Å². The Kier molecular flexibility index (Phi) is 5.91. The Morgan fingerprint density at radius 3 is 2.62 bits per heavy atom. The van der Waals surface area contributed by atoms with Crippen LogP contribution in [0.2, 0.25) is 0 Å². The summed E-state index contributed by atoms with van der Waals surface area (Å²) in [6.07, 6.45) is 4.38. The lowest BCUT2D eigenvalue weighted by molar-refractivity contribution is 0.273. The van der Waals surface area contributed by atoms with Crippen molar-refractivity contribution in [2.45, 2.75) is 47.1 Å². The predicted octanol–water partition coefficient (Wildman–Crippen LogP) is 3.08. The van der Waals surface area contributed by atoms with Crippen LogP contribution in [0.4, 0.5) is 0 Å². The Hall–Kier alpha value is -2.37. The van der Waals surface area contributed by atoms with E-state index < -0.39 is 0 Å². The molecule has 0 aliphatic carbocycles. The van der Waals surface area contributed by atoms with Gasteiger partial charge in [0.05, 0.1) is 12.2 Å². The third-order valence-electron chi connectivity index (χ3n) is 4.87. The van der Waals surface area contributed by atoms with Gasteiger partial charge in [0.1, 0.15) is 0 Å². The second kappa shape index (κ2) is 8.34. The number of guanidine groups is 1. The number of likely N-dealkylation sites (tertiary alicyclic amines) is 1. The van der Waals surface area contributed by atoms with Crippen molar-refractivity contribution in [1.29, 1.82) is 0 Å². The second-order valence-corrected chi connectivity index (χ2v) is 7.20. The van der Waals surface area contributed by atoms with E-state index in [0.717, 1.165) is 54.3 Å². The maximum absolute atomic E-state index is 4.83. The Morgan fingerprint density at radius 2 is 2.04 bits per heavy atom. The molecule has 0 amide bonds. The molecular formula is C20H30N6. The number of piperidine rings is 1. The summed E-state index contributed by atoms with van der Waals surface area (Å²) in [7, 11) is 0. The van der Waals surface area contributed by atoms with E-state index in [1.54, 1.807) is 0 Å². The summed E-state index contributed by atoms with van der Waals surface area (Å²) in [5, 5.41) is 7.91. The first-order valence-electron chi connectivity index (χ1n) is 9.58. The molecule has 6 heteroatoms. The van der Waals surface area contributed by atoms with Gasteiger partial charge >= 0.3 is 0 Å². The minimum atomic E-state index is 0.638. The number of hydrogen-bond donors (Lipinski definition) is 1. The first-order valence-corrected chi connectivity index (χ1v) is 9.58. The van der Waals surface area contributed by atoms with Crippen LogP contribution in [-0.4, -0.2) is 45.3 Å². The highest BCUT2D eigenvalue weighted by Gasteiger charge is 2.18. The largest absolute Gasteiger partial charge is 0.357 e. The first-order chi connectivity index (χ1) is 12.6. The van der Waals surface area contributed by atoms with Gasteiger partial charge in [-0.05, 0) is 57.2 Å². The van der Waals surface area contributed by atoms with Gasteiger partial charge in [-0.15, -0.1) is 0 Å². The smallest absolute Gasteiger partial charge is 0.194 e. The summed E-state index contributed by atoms with van der Waals surface area (Å²) in [6.45, 7) is 12.2. The number of pyridine rings is 1. The maximum Gasteiger partial charge on any atom is 0.194 e. The number of hydrogen-bond acceptors (Lipinski definition) is 3. The minimum absolute atomic E-state index is 0.638. The quantitative estimate of drug-likeness (QED) is 0.677. The second-order valence-electron chi connectivity index (χ2n) is 7.20. The molecule has 0 spiro atoms. The van der Waals surface area contributed by atoms with Crippen molar-refractivity contribution in [2.24, 2.45) is 10.9 Å². The van der Waals surface area contributed by atoms with E-state index in [2.05, 4.69) is 46.3 Å². The van der Waals surface area contributed by atoms with Crippen molar-refractivity contribution < 1.29 is 0 Å². The van der Waals surface area contributed by atoms with Gasteiger partial charge in [-0.1, -0.05) is 13.0 Å². The fourth-order valence-electron chi connectivity index (χ4n) is 3.31. The fourth-order valence-corrected chi connectivity index (χ4v) is 3.31. The Balaban J connectivity index is 1.68. The molecule has 140 valence electrons. The van der Waals surface area contributed by atoms with Crippen molar-refractivity contribution in [3.05, 3.63) is 41.3 Å². The topological polar surface area (TPSA) is 58.3 Å². The van der Waals surface area contributed by atoms with Gasteiger partial charge in [-0.25, -0.2) is 14.7 Å². The molecule has 1 aliphatic rings. The van der Waals surface area contributed by atoms with Gasteiger partial charge in [0.25, 0.3) is 0 Å². The van der Waals surface area contributed by atoms with Crippen LogP contribution >= 0.6 is 0 Å². The maximum atomic E-state index is 4.83. The van der Waals surface area contributed by atoms with Crippen molar-refractivity contribution >= 4 is 5.96 Å². The predicted molar refractivity (Wildman–Crippen MR) is 106 cm³/mol. The molecule has 26 heavy (non-hydrogen) atoms. The van der Waals surface area contributed by atoms with Crippen LogP contribution < -0.4 is 5.32 Å². The first kappa shape index (κ1) is 18.4. The zero-order chi connectivity index (χ0) is 18.5. The molecule has 2 aromatic heterocycles. The van der Waals surface area contributed by atoms with E-state index >= 15 is 0 Å². The monoisotopic (exact) mass is 354 g/mol. The molecule has 3 heterocycles. The number of aromatic nitrogens is 3. The number of aryl methyl sites for hydroxylation is 2. The molecule has 2 aromatic rings. The summed E-state index contributed by atoms with van der Waals surface area (Å²) in [5.41, 5.74) is 3.20. The van der Waals surface area contributed by atoms with Crippen LogP contribution in [0.15, 0.2) is 29.4 Å². The minimum Gasteiger partial charge on any atom is -0.357 e. The number of aliphatic imine (C=N–C) groups is 1. The van der Waals surface area contributed by atoms with Crippen LogP contribution in [0, 0.1) is 19.8 Å². The molecule has 0 aromatic carbocycles. The van der Waals surface area contributed by atoms with Crippen LogP contribution in [-0.2, 0) is 6.54 Å². The Bertz CT molecular complexity index is 738. The van der Waals surface area contributed by atoms with Gasteiger partial charge in [0.2, 0.25) is 0 Å². The molecule has 1 aliphatic heterocycles. The third kappa shape index (κ3) is 4.42. The number of nitrogens with one attached hydrogen (secondary N) is 1. The van der Waals surface area contributed by atoms with E-state index in [1.165, 1.54) is 12.8 Å². The third-order valence-corrected chi connectivity index (χ3v) is 4.87. The van der Waals surface area contributed by atoms with Crippen LogP contribution in [0.5, 0.6) is 0 Å². The lowest BCUT2D eigenvalue weighted by Gasteiger charge is -2.33. The van der Waals surface area contributed by atoms with E-state index in [1.807, 2.05) is 30.8 Å². The van der Waals surface area contributed by atoms with Crippen molar-refractivity contribution in [1.82, 2.24) is 25.0 Å². The van der Waals surface area contributed by atoms with Crippen molar-refractivity contribution in [2.75, 3.05) is 19.6 Å². The molecule has 0 saturated carbocycles. The zero-order valence-corrected chi connectivity index (χ0v) is 16.4. The van der Waals surface area contributed by atoms with E-state index in [4.69, 9.17) is 4.99 Å². The highest BCUT2D eigenvalue weighted by molar-refractivity contribution is 5.80. The van der Waals surface area contributed by atoms with Crippen LogP contribution in [0.3, 0.4) is 0 Å². The van der Waals surface area contributed by atoms with Gasteiger partial charge < -0.3 is 10.2 Å². The molecule has 0 atom stereocenters. The molecule has 3 rings (SSSR count). The highest BCUT2D eigenvalue weighted by atomic mass is 15.3. The molecule has 0 bridgehead atoms. The molecule has 1 N–H and O–H groups in total. The molecule has 1 fully saturated rings. The van der Waals surface area contributed by atoms with Gasteiger partial charge in [0.15, 0.2) is 11.8 Å². The summed E-state index contributed by atoms with van der Waals surface area (Å²) >= 11 is 0. The molecular weight excluding hydrogens is 324 g/mol. The lowest BCUT2D eigenvalue weighted by atomic mass is 10.00. The molecule has 6 nitrogen and oxygen atoms in total. The van der Waals surface area contributed by atoms with E-state index in [9.17, 15) is 0 Å². The fraction of sp³-hybridized carbons (Fsp3) is 0.550. The SMILES string of the molecule is CCNC(=NCc1ccc(-n2nc(C)cc2C)nc1)N1CCC(C)CC1. The molecule has 0 unspecified atom stereocenters. The summed E-state index contributed by atoms with van der Waals surface area (Å²) in [4.78, 5) is 11.8. The van der Waals surface area contributed by atoms with Gasteiger partial charge in [-0.3, -0.25) is 0 Å². The summed E-state index contributed by atoms with van der Waals surface area (Å²) in [6, 6.07) is 6.16. The average molecular weight is 355 g/mol. The van der Waals surface area contributed by atoms with Crippen molar-refractivity contribution in [3.8, 4) is 5.82 Å². The van der Waals surface area contributed by atoms with Crippen LogP contribution in [0.25, 0.3) is 5.82 Å². The highest BCUT2D eigenvalue weighted by Crippen LogP contribution is 2.16. The Morgan fingerprint density at radius 1 is 1.27 bits per heavy atom. The number of nitrogens with zero attached hydrogens (tertiary/aromatic N) is 5. The van der Waals surface area contributed by atoms with Gasteiger partial charge in [-0.2, -0.15) is 5.10 Å². The normalized spacial score (nSPS) is 16.2. The van der Waals surface area contributed by atoms with Crippen molar-refractivity contribution in [3.63, 3.8) is 0 Å². The number of rotatable bonds is 4. The molecule has 1 saturated heterocycles. The van der Waals surface area contributed by atoms with E-state index in [-0.39, 0.29) is 0 Å². The standard InChI is InChI=1S/C20H30N6/c1-5-21-20(25-10-8-15(2)9-11-25)23-14-18-6-7-19(22-13-18)26-17(4)12-16(3)24-26/h6-7,12-13,15H,5,8-11,14H2,1-4H3,(H,21,23). The average Bonchev–Trinajstić information content (AvgIpc) is 2.98. The summed E-state index contributed by atoms with van der Waals surface area (Å²) in [5.74, 6) is 2.68.